The van der Waals surface area contributed by atoms with Crippen LogP contribution in [0.1, 0.15) is 44.0 Å². The molecular formula is C21H26N2O4. The summed E-state index contributed by atoms with van der Waals surface area (Å²) >= 11 is 0. The van der Waals surface area contributed by atoms with Gasteiger partial charge in [0.15, 0.2) is 11.5 Å². The van der Waals surface area contributed by atoms with Crippen LogP contribution in [0.2, 0.25) is 0 Å². The van der Waals surface area contributed by atoms with E-state index in [1.54, 1.807) is 42.5 Å². The van der Waals surface area contributed by atoms with E-state index in [0.29, 0.717) is 41.7 Å². The number of carbonyl (C=O) groups excluding carboxylic acids is 2. The van der Waals surface area contributed by atoms with Gasteiger partial charge < -0.3 is 20.1 Å². The van der Waals surface area contributed by atoms with Crippen molar-refractivity contribution < 1.29 is 19.1 Å². The Morgan fingerprint density at radius 3 is 2.15 bits per heavy atom. The molecule has 0 unspecified atom stereocenters. The zero-order valence-corrected chi connectivity index (χ0v) is 16.0. The van der Waals surface area contributed by atoms with E-state index in [4.69, 9.17) is 9.47 Å². The highest BCUT2D eigenvalue weighted by atomic mass is 16.5. The molecule has 0 atom stereocenters. The SMILES string of the molecule is CCCCOc1ccc(C(=O)Nc2ccc(NC(C)=O)cc2)cc1OCC. The van der Waals surface area contributed by atoms with Crippen LogP contribution in [0.5, 0.6) is 11.5 Å². The first-order chi connectivity index (χ1) is 13.0. The molecule has 0 heterocycles. The molecule has 2 aromatic rings. The highest BCUT2D eigenvalue weighted by Crippen LogP contribution is 2.29. The first kappa shape index (κ1) is 20.3. The van der Waals surface area contributed by atoms with E-state index in [-0.39, 0.29) is 11.8 Å². The third-order valence-corrected chi connectivity index (χ3v) is 3.72. The molecule has 0 aliphatic carbocycles. The second-order valence-corrected chi connectivity index (χ2v) is 6.01. The average Bonchev–Trinajstić information content (AvgIpc) is 2.64. The average molecular weight is 370 g/mol. The first-order valence-electron chi connectivity index (χ1n) is 9.12. The van der Waals surface area contributed by atoms with Crippen molar-refractivity contribution in [3.05, 3.63) is 48.0 Å². The fourth-order valence-corrected chi connectivity index (χ4v) is 2.41. The number of nitrogens with one attached hydrogen (secondary N) is 2. The number of benzene rings is 2. The van der Waals surface area contributed by atoms with Crippen LogP contribution in [-0.4, -0.2) is 25.0 Å². The largest absolute Gasteiger partial charge is 0.490 e. The maximum atomic E-state index is 12.5. The summed E-state index contributed by atoms with van der Waals surface area (Å²) < 4.78 is 11.4. The van der Waals surface area contributed by atoms with E-state index < -0.39 is 0 Å². The quantitative estimate of drug-likeness (QED) is 0.638. The van der Waals surface area contributed by atoms with Crippen molar-refractivity contribution in [3.63, 3.8) is 0 Å². The number of anilines is 2. The molecule has 144 valence electrons. The van der Waals surface area contributed by atoms with Gasteiger partial charge in [-0.3, -0.25) is 9.59 Å². The topological polar surface area (TPSA) is 76.7 Å². The molecule has 0 aliphatic heterocycles. The standard InChI is InChI=1S/C21H26N2O4/c1-4-6-13-27-19-12-7-16(14-20(19)26-5-2)21(25)23-18-10-8-17(9-11-18)22-15(3)24/h7-12,14H,4-6,13H2,1-3H3,(H,22,24)(H,23,25). The van der Waals surface area contributed by atoms with Gasteiger partial charge in [0, 0.05) is 23.9 Å². The molecule has 0 aliphatic rings. The third-order valence-electron chi connectivity index (χ3n) is 3.72. The van der Waals surface area contributed by atoms with Crippen molar-refractivity contribution in [2.24, 2.45) is 0 Å². The van der Waals surface area contributed by atoms with Crippen molar-refractivity contribution in [2.75, 3.05) is 23.8 Å². The Morgan fingerprint density at radius 2 is 1.56 bits per heavy atom. The minimum absolute atomic E-state index is 0.142. The summed E-state index contributed by atoms with van der Waals surface area (Å²) in [6.07, 6.45) is 2.01. The Kier molecular flexibility index (Phi) is 7.67. The highest BCUT2D eigenvalue weighted by Gasteiger charge is 2.12. The minimum atomic E-state index is -0.247. The molecule has 6 nitrogen and oxygen atoms in total. The molecule has 0 radical (unpaired) electrons. The predicted molar refractivity (Wildman–Crippen MR) is 107 cm³/mol. The summed E-state index contributed by atoms with van der Waals surface area (Å²) in [5.41, 5.74) is 1.79. The Morgan fingerprint density at radius 1 is 0.889 bits per heavy atom. The second kappa shape index (κ2) is 10.2. The maximum Gasteiger partial charge on any atom is 0.255 e. The number of hydrogen-bond donors (Lipinski definition) is 2. The molecule has 2 rings (SSSR count). The lowest BCUT2D eigenvalue weighted by Gasteiger charge is -2.13. The van der Waals surface area contributed by atoms with Gasteiger partial charge in [0.25, 0.3) is 5.91 Å². The number of hydrogen-bond acceptors (Lipinski definition) is 4. The fraction of sp³-hybridized carbons (Fsp3) is 0.333. The molecule has 6 heteroatoms. The third kappa shape index (κ3) is 6.33. The summed E-state index contributed by atoms with van der Waals surface area (Å²) in [7, 11) is 0. The zero-order valence-electron chi connectivity index (χ0n) is 16.0. The molecule has 2 amide bonds. The van der Waals surface area contributed by atoms with Gasteiger partial charge >= 0.3 is 0 Å². The Bertz CT molecular complexity index is 772. The fourth-order valence-electron chi connectivity index (χ4n) is 2.41. The van der Waals surface area contributed by atoms with E-state index in [0.717, 1.165) is 12.8 Å². The smallest absolute Gasteiger partial charge is 0.255 e. The van der Waals surface area contributed by atoms with Crippen LogP contribution in [-0.2, 0) is 4.79 Å². The Balaban J connectivity index is 2.08. The second-order valence-electron chi connectivity index (χ2n) is 6.01. The number of unbranched alkanes of at least 4 members (excludes halogenated alkanes) is 1. The van der Waals surface area contributed by atoms with Crippen LogP contribution < -0.4 is 20.1 Å². The summed E-state index contributed by atoms with van der Waals surface area (Å²) in [6, 6.07) is 12.1. The van der Waals surface area contributed by atoms with E-state index in [2.05, 4.69) is 17.6 Å². The van der Waals surface area contributed by atoms with E-state index in [1.165, 1.54) is 6.92 Å². The van der Waals surface area contributed by atoms with E-state index in [1.807, 2.05) is 6.92 Å². The van der Waals surface area contributed by atoms with Gasteiger partial charge in [-0.15, -0.1) is 0 Å². The molecule has 2 N–H and O–H groups in total. The summed E-state index contributed by atoms with van der Waals surface area (Å²) in [5.74, 6) is 0.809. The van der Waals surface area contributed by atoms with Crippen LogP contribution in [0.25, 0.3) is 0 Å². The summed E-state index contributed by atoms with van der Waals surface area (Å²) in [6.45, 7) is 6.53. The van der Waals surface area contributed by atoms with Crippen LogP contribution >= 0.6 is 0 Å². The van der Waals surface area contributed by atoms with Crippen LogP contribution in [0.3, 0.4) is 0 Å². The van der Waals surface area contributed by atoms with Gasteiger partial charge in [-0.1, -0.05) is 13.3 Å². The van der Waals surface area contributed by atoms with Crippen LogP contribution in [0.15, 0.2) is 42.5 Å². The maximum absolute atomic E-state index is 12.5. The van der Waals surface area contributed by atoms with Gasteiger partial charge in [0.2, 0.25) is 5.91 Å². The number of amides is 2. The van der Waals surface area contributed by atoms with E-state index >= 15 is 0 Å². The molecule has 0 saturated heterocycles. The van der Waals surface area contributed by atoms with Crippen molar-refractivity contribution >= 4 is 23.2 Å². The zero-order chi connectivity index (χ0) is 19.6. The highest BCUT2D eigenvalue weighted by molar-refractivity contribution is 6.04. The molecular weight excluding hydrogens is 344 g/mol. The minimum Gasteiger partial charge on any atom is -0.490 e. The monoisotopic (exact) mass is 370 g/mol. The van der Waals surface area contributed by atoms with Gasteiger partial charge in [0.1, 0.15) is 0 Å². The van der Waals surface area contributed by atoms with Gasteiger partial charge in [-0.05, 0) is 55.8 Å². The number of ether oxygens (including phenoxy) is 2. The van der Waals surface area contributed by atoms with Crippen LogP contribution in [0, 0.1) is 0 Å². The number of rotatable bonds is 9. The number of carbonyl (C=O) groups is 2. The Hall–Kier alpha value is -3.02. The van der Waals surface area contributed by atoms with Crippen LogP contribution in [0.4, 0.5) is 11.4 Å². The first-order valence-corrected chi connectivity index (χ1v) is 9.12. The lowest BCUT2D eigenvalue weighted by Crippen LogP contribution is -2.12. The molecule has 0 bridgehead atoms. The van der Waals surface area contributed by atoms with Gasteiger partial charge in [-0.25, -0.2) is 0 Å². The van der Waals surface area contributed by atoms with E-state index in [9.17, 15) is 9.59 Å². The normalized spacial score (nSPS) is 10.2. The molecule has 0 aromatic heterocycles. The van der Waals surface area contributed by atoms with Crippen molar-refractivity contribution in [1.29, 1.82) is 0 Å². The van der Waals surface area contributed by atoms with Crippen molar-refractivity contribution in [1.82, 2.24) is 0 Å². The summed E-state index contributed by atoms with van der Waals surface area (Å²) in [5, 5.41) is 5.52. The molecule has 0 fully saturated rings. The van der Waals surface area contributed by atoms with Crippen molar-refractivity contribution in [2.45, 2.75) is 33.6 Å². The molecule has 2 aromatic carbocycles. The lowest BCUT2D eigenvalue weighted by molar-refractivity contribution is -0.114. The van der Waals surface area contributed by atoms with Gasteiger partial charge in [-0.2, -0.15) is 0 Å². The molecule has 0 saturated carbocycles. The Labute approximate surface area is 159 Å². The lowest BCUT2D eigenvalue weighted by atomic mass is 10.1. The van der Waals surface area contributed by atoms with Gasteiger partial charge in [0.05, 0.1) is 13.2 Å². The molecule has 27 heavy (non-hydrogen) atoms. The van der Waals surface area contributed by atoms with Crippen molar-refractivity contribution in [3.8, 4) is 11.5 Å². The summed E-state index contributed by atoms with van der Waals surface area (Å²) in [4.78, 5) is 23.6. The molecule has 0 spiro atoms. The predicted octanol–water partition coefficient (Wildman–Crippen LogP) is 4.47.